The molecule has 2 heterocycles. The van der Waals surface area contributed by atoms with Crippen molar-refractivity contribution in [3.8, 4) is 0 Å². The van der Waals surface area contributed by atoms with Crippen molar-refractivity contribution in [3.63, 3.8) is 0 Å². The molecule has 0 unspecified atom stereocenters. The number of carbonyl (C=O) groups is 6. The van der Waals surface area contributed by atoms with Gasteiger partial charge in [0.2, 0.25) is 29.5 Å². The first kappa shape index (κ1) is 62.7. The number of ketones is 1. The molecule has 4 rings (SSSR count). The second-order valence-corrected chi connectivity index (χ2v) is 23.9. The summed E-state index contributed by atoms with van der Waals surface area (Å²) in [6.07, 6.45) is 6.00. The van der Waals surface area contributed by atoms with Crippen molar-refractivity contribution in [3.05, 3.63) is 70.8 Å². The summed E-state index contributed by atoms with van der Waals surface area (Å²) in [6.45, 7) is 22.2. The third kappa shape index (κ3) is 19.6. The van der Waals surface area contributed by atoms with Crippen LogP contribution in [0.4, 0.5) is 13.2 Å². The van der Waals surface area contributed by atoms with E-state index in [-0.39, 0.29) is 72.3 Å². The van der Waals surface area contributed by atoms with Crippen LogP contribution in [-0.4, -0.2) is 125 Å². The number of aryl methyl sites for hydroxylation is 1. The first-order valence-corrected chi connectivity index (χ1v) is 28.1. The smallest absolute Gasteiger partial charge is 0.344 e. The second-order valence-electron chi connectivity index (χ2n) is 23.9. The highest BCUT2D eigenvalue weighted by atomic mass is 19.4. The maximum absolute atomic E-state index is 14.3. The summed E-state index contributed by atoms with van der Waals surface area (Å²) in [5.74, 6) is -1.06. The number of Topliss-reactive ketones (excluding diaryl/α,β-unsaturated/α-hetero) is 1. The molecule has 2 aromatic carbocycles. The number of likely N-dealkylation sites (tertiary alicyclic amines) is 2. The Kier molecular flexibility index (Phi) is 24.3. The van der Waals surface area contributed by atoms with Gasteiger partial charge in [-0.3, -0.25) is 28.8 Å². The maximum atomic E-state index is 14.3. The number of nitrogens with one attached hydrogen (secondary N) is 2. The molecule has 2 N–H and O–H groups in total. The lowest BCUT2D eigenvalue weighted by Crippen LogP contribution is -2.57. The molecule has 6 atom stereocenters. The van der Waals surface area contributed by atoms with E-state index in [0.29, 0.717) is 83.2 Å². The molecule has 420 valence electrons. The van der Waals surface area contributed by atoms with Crippen LogP contribution < -0.4 is 10.6 Å². The fraction of sp³-hybridized carbons (Fsp3) is 0.700. The Hall–Kier alpha value is -4.79. The number of amides is 5. The van der Waals surface area contributed by atoms with Gasteiger partial charge >= 0.3 is 6.18 Å². The number of halogens is 3. The van der Waals surface area contributed by atoms with E-state index in [0.717, 1.165) is 69.1 Å². The molecule has 0 aliphatic carbocycles. The molecule has 2 fully saturated rings. The number of hydrogen-bond donors (Lipinski definition) is 2. The number of alkyl halides is 3. The molecule has 2 aliphatic rings. The highest BCUT2D eigenvalue weighted by Crippen LogP contribution is 2.35. The number of carbonyl (C=O) groups excluding carboxylic acids is 6. The normalized spacial score (nSPS) is 17.8. The fourth-order valence-corrected chi connectivity index (χ4v) is 10.3. The monoisotopic (exact) mass is 1050 g/mol. The minimum atomic E-state index is -4.45. The van der Waals surface area contributed by atoms with Crippen molar-refractivity contribution in [1.82, 2.24) is 30.2 Å². The number of unbranched alkanes of at least 4 members (excludes halogenated alkanes) is 5. The lowest BCUT2D eigenvalue weighted by Gasteiger charge is -2.37. The third-order valence-electron chi connectivity index (χ3n) is 15.8. The molecular weight excluding hydrogens is 958 g/mol. The van der Waals surface area contributed by atoms with Gasteiger partial charge in [0.25, 0.3) is 0 Å². The molecule has 12 nitrogen and oxygen atoms in total. The van der Waals surface area contributed by atoms with Crippen LogP contribution in [0.5, 0.6) is 0 Å². The van der Waals surface area contributed by atoms with Gasteiger partial charge in [-0.25, -0.2) is 0 Å². The molecule has 0 bridgehead atoms. The van der Waals surface area contributed by atoms with Crippen LogP contribution in [0.2, 0.25) is 0 Å². The Morgan fingerprint density at radius 3 is 1.55 bits per heavy atom. The molecule has 5 amide bonds. The van der Waals surface area contributed by atoms with Gasteiger partial charge in [0.05, 0.1) is 11.6 Å². The van der Waals surface area contributed by atoms with Crippen LogP contribution >= 0.6 is 0 Å². The molecular formula is C60H93F3N6O6. The Bertz CT molecular complexity index is 2150. The Morgan fingerprint density at radius 2 is 1.12 bits per heavy atom. The third-order valence-corrected chi connectivity index (χ3v) is 15.8. The summed E-state index contributed by atoms with van der Waals surface area (Å²) >= 11 is 0. The SMILES string of the molecule is CC[C@@H](C)C(=O)N[C@H](C(=O)N1CCC[C@H]1CN(CCc1ccc(C(F)(F)F)cc1)C(=O)CCCCCCCCC(=O)N(CCc1ccc(C)cc1)C[C@@H]1CCCN1C(=O)[C@@H](CC(=O)[C@H](C)NC)C(C)(C)C)C(C)(C)C. The summed E-state index contributed by atoms with van der Waals surface area (Å²) in [5, 5.41) is 6.03. The predicted molar refractivity (Wildman–Crippen MR) is 292 cm³/mol. The summed E-state index contributed by atoms with van der Waals surface area (Å²) in [4.78, 5) is 90.3. The van der Waals surface area contributed by atoms with Crippen LogP contribution in [0, 0.1) is 29.6 Å². The zero-order chi connectivity index (χ0) is 55.7. The van der Waals surface area contributed by atoms with Crippen LogP contribution in [-0.2, 0) is 47.8 Å². The number of hydrogen-bond acceptors (Lipinski definition) is 7. The number of rotatable bonds is 28. The minimum Gasteiger partial charge on any atom is -0.344 e. The van der Waals surface area contributed by atoms with E-state index >= 15 is 0 Å². The van der Waals surface area contributed by atoms with Crippen molar-refractivity contribution in [2.24, 2.45) is 22.7 Å². The van der Waals surface area contributed by atoms with Crippen molar-refractivity contribution < 1.29 is 41.9 Å². The quantitative estimate of drug-likeness (QED) is 0.0809. The summed E-state index contributed by atoms with van der Waals surface area (Å²) in [7, 11) is 1.75. The Balaban J connectivity index is 1.36. The lowest BCUT2D eigenvalue weighted by atomic mass is 9.76. The molecule has 2 aromatic rings. The van der Waals surface area contributed by atoms with Crippen LogP contribution in [0.15, 0.2) is 48.5 Å². The van der Waals surface area contributed by atoms with Gasteiger partial charge < -0.3 is 30.2 Å². The fourth-order valence-electron chi connectivity index (χ4n) is 10.3. The molecule has 15 heteroatoms. The molecule has 2 saturated heterocycles. The summed E-state index contributed by atoms with van der Waals surface area (Å²) in [5.41, 5.74) is 1.29. The largest absolute Gasteiger partial charge is 0.416 e. The number of benzene rings is 2. The van der Waals surface area contributed by atoms with Gasteiger partial charge in [-0.1, -0.05) is 123 Å². The predicted octanol–water partition coefficient (Wildman–Crippen LogP) is 10.4. The standard InChI is InChI=1S/C60H93F3N6O6/c1-12-43(3)55(73)65-54(59(8,9)10)57(75)69-36-20-22-49(69)41-67(38-34-46-29-31-47(32-30-46)60(61,62)63)53(72)24-18-16-14-13-15-17-23-52(71)66(37-33-45-27-25-42(2)26-28-45)40-48-21-19-35-68(48)56(74)50(58(5,6)7)39-51(70)44(4)64-11/h25-32,43-44,48-50,54,64H,12-24,33-41H2,1-11H3,(H,65,73)/t43-,44+,48+,49+,50-,54-/m1/s1. The van der Waals surface area contributed by atoms with Gasteiger partial charge in [0.15, 0.2) is 0 Å². The van der Waals surface area contributed by atoms with Gasteiger partial charge in [0.1, 0.15) is 11.8 Å². The minimum absolute atomic E-state index is 0.0119. The van der Waals surface area contributed by atoms with Gasteiger partial charge in [-0.2, -0.15) is 13.2 Å². The maximum Gasteiger partial charge on any atom is 0.416 e. The van der Waals surface area contributed by atoms with Gasteiger partial charge in [-0.05, 0) is 113 Å². The van der Waals surface area contributed by atoms with E-state index in [1.165, 1.54) is 17.7 Å². The first-order chi connectivity index (χ1) is 35.2. The van der Waals surface area contributed by atoms with E-state index in [4.69, 9.17) is 0 Å². The average molecular weight is 1050 g/mol. The Morgan fingerprint density at radius 1 is 0.667 bits per heavy atom. The highest BCUT2D eigenvalue weighted by molar-refractivity contribution is 5.91. The summed E-state index contributed by atoms with van der Waals surface area (Å²) < 4.78 is 40.0. The van der Waals surface area contributed by atoms with Crippen molar-refractivity contribution >= 4 is 35.3 Å². The molecule has 2 aliphatic heterocycles. The van der Waals surface area contributed by atoms with E-state index < -0.39 is 34.5 Å². The lowest BCUT2D eigenvalue weighted by molar-refractivity contribution is -0.144. The highest BCUT2D eigenvalue weighted by Gasteiger charge is 2.43. The van der Waals surface area contributed by atoms with E-state index in [1.807, 2.05) is 77.0 Å². The molecule has 0 aromatic heterocycles. The molecule has 75 heavy (non-hydrogen) atoms. The zero-order valence-corrected chi connectivity index (χ0v) is 47.5. The van der Waals surface area contributed by atoms with Crippen molar-refractivity contribution in [2.45, 2.75) is 202 Å². The van der Waals surface area contributed by atoms with Crippen LogP contribution in [0.25, 0.3) is 0 Å². The van der Waals surface area contributed by atoms with Crippen molar-refractivity contribution in [2.75, 3.05) is 46.3 Å². The van der Waals surface area contributed by atoms with Gasteiger partial charge in [0, 0.05) is 82.5 Å². The van der Waals surface area contributed by atoms with Gasteiger partial charge in [-0.15, -0.1) is 0 Å². The topological polar surface area (TPSA) is 139 Å². The molecule has 0 spiro atoms. The molecule has 0 saturated carbocycles. The number of nitrogens with zero attached hydrogens (tertiary/aromatic N) is 4. The average Bonchev–Trinajstić information content (AvgIpc) is 4.04. The molecule has 0 radical (unpaired) electrons. The zero-order valence-electron chi connectivity index (χ0n) is 47.5. The van der Waals surface area contributed by atoms with Crippen molar-refractivity contribution in [1.29, 1.82) is 0 Å². The Labute approximate surface area is 448 Å². The van der Waals surface area contributed by atoms with E-state index in [9.17, 15) is 41.9 Å². The van der Waals surface area contributed by atoms with Crippen LogP contribution in [0.3, 0.4) is 0 Å². The first-order valence-electron chi connectivity index (χ1n) is 28.1. The number of likely N-dealkylation sites (N-methyl/N-ethyl adjacent to an activating group) is 1. The van der Waals surface area contributed by atoms with E-state index in [2.05, 4.69) is 41.8 Å². The van der Waals surface area contributed by atoms with E-state index in [1.54, 1.807) is 11.9 Å². The second kappa shape index (κ2) is 29.1. The summed E-state index contributed by atoms with van der Waals surface area (Å²) in [6, 6.07) is 11.9. The van der Waals surface area contributed by atoms with Crippen LogP contribution in [0.1, 0.15) is 174 Å².